The molecule has 2 fully saturated rings. The summed E-state index contributed by atoms with van der Waals surface area (Å²) in [5.74, 6) is -1.88. The third-order valence-corrected chi connectivity index (χ3v) is 4.14. The van der Waals surface area contributed by atoms with Gasteiger partial charge in [-0.3, -0.25) is 9.59 Å². The summed E-state index contributed by atoms with van der Waals surface area (Å²) < 4.78 is 0. The number of hydrogen-bond acceptors (Lipinski definition) is 3. The van der Waals surface area contributed by atoms with Crippen LogP contribution in [-0.4, -0.2) is 45.7 Å². The first-order valence-corrected chi connectivity index (χ1v) is 6.65. The number of piperidine rings is 1. The van der Waals surface area contributed by atoms with Gasteiger partial charge in [0, 0.05) is 13.1 Å². The number of carbonyl (C=O) groups is 2. The molecular formula is C13H21NO4. The van der Waals surface area contributed by atoms with E-state index in [-0.39, 0.29) is 5.91 Å². The van der Waals surface area contributed by atoms with Gasteiger partial charge >= 0.3 is 5.97 Å². The topological polar surface area (TPSA) is 77.8 Å². The third-order valence-electron chi connectivity index (χ3n) is 4.14. The Morgan fingerprint density at radius 3 is 2.50 bits per heavy atom. The zero-order valence-corrected chi connectivity index (χ0v) is 10.8. The number of amides is 1. The standard InChI is InChI=1S/C13H21NO4/c1-13(18)6-3-7-14(8-13)11(15)9-4-2-5-10(9)12(16)17/h9-10,18H,2-8H2,1H3,(H,16,17)/t9-,10+,13?/m1/s1. The second-order valence-electron chi connectivity index (χ2n) is 5.84. The van der Waals surface area contributed by atoms with Crippen molar-refractivity contribution in [2.45, 2.75) is 44.6 Å². The van der Waals surface area contributed by atoms with Gasteiger partial charge in [-0.25, -0.2) is 0 Å². The van der Waals surface area contributed by atoms with Crippen molar-refractivity contribution < 1.29 is 19.8 Å². The average molecular weight is 255 g/mol. The average Bonchev–Trinajstić information content (AvgIpc) is 2.75. The summed E-state index contributed by atoms with van der Waals surface area (Å²) >= 11 is 0. The van der Waals surface area contributed by atoms with E-state index in [9.17, 15) is 14.7 Å². The van der Waals surface area contributed by atoms with E-state index in [4.69, 9.17) is 5.11 Å². The van der Waals surface area contributed by atoms with Crippen LogP contribution in [0.2, 0.25) is 0 Å². The first-order valence-electron chi connectivity index (χ1n) is 6.65. The molecule has 18 heavy (non-hydrogen) atoms. The number of rotatable bonds is 2. The van der Waals surface area contributed by atoms with Crippen LogP contribution in [-0.2, 0) is 9.59 Å². The fourth-order valence-corrected chi connectivity index (χ4v) is 3.19. The molecule has 0 spiro atoms. The van der Waals surface area contributed by atoms with E-state index < -0.39 is 23.4 Å². The lowest BCUT2D eigenvalue weighted by atomic mass is 9.91. The van der Waals surface area contributed by atoms with Gasteiger partial charge in [0.2, 0.25) is 5.91 Å². The quantitative estimate of drug-likeness (QED) is 0.767. The number of likely N-dealkylation sites (tertiary alicyclic amines) is 1. The zero-order chi connectivity index (χ0) is 13.3. The molecule has 0 bridgehead atoms. The summed E-state index contributed by atoms with van der Waals surface area (Å²) in [4.78, 5) is 25.1. The van der Waals surface area contributed by atoms with Crippen molar-refractivity contribution >= 4 is 11.9 Å². The fourth-order valence-electron chi connectivity index (χ4n) is 3.19. The van der Waals surface area contributed by atoms with Crippen molar-refractivity contribution in [3.63, 3.8) is 0 Å². The lowest BCUT2D eigenvalue weighted by Crippen LogP contribution is -2.51. The van der Waals surface area contributed by atoms with Gasteiger partial charge in [-0.2, -0.15) is 0 Å². The monoisotopic (exact) mass is 255 g/mol. The van der Waals surface area contributed by atoms with E-state index in [0.29, 0.717) is 32.4 Å². The molecule has 1 aliphatic heterocycles. The molecule has 1 saturated carbocycles. The Balaban J connectivity index is 2.04. The van der Waals surface area contributed by atoms with Gasteiger partial charge in [0.15, 0.2) is 0 Å². The smallest absolute Gasteiger partial charge is 0.307 e. The Morgan fingerprint density at radius 2 is 1.89 bits per heavy atom. The van der Waals surface area contributed by atoms with Gasteiger partial charge in [0.1, 0.15) is 0 Å². The summed E-state index contributed by atoms with van der Waals surface area (Å²) in [7, 11) is 0. The van der Waals surface area contributed by atoms with E-state index in [1.165, 1.54) is 0 Å². The van der Waals surface area contributed by atoms with E-state index in [0.717, 1.165) is 12.8 Å². The predicted molar refractivity (Wildman–Crippen MR) is 64.9 cm³/mol. The Kier molecular flexibility index (Phi) is 3.61. The number of carboxylic acid groups (broad SMARTS) is 1. The van der Waals surface area contributed by atoms with Crippen LogP contribution in [0.4, 0.5) is 0 Å². The number of β-amino-alcohol motifs (C(OH)–C–C–N with tert-alkyl or cyclic N) is 1. The lowest BCUT2D eigenvalue weighted by Gasteiger charge is -2.38. The summed E-state index contributed by atoms with van der Waals surface area (Å²) in [5, 5.41) is 19.1. The second-order valence-corrected chi connectivity index (χ2v) is 5.84. The highest BCUT2D eigenvalue weighted by Crippen LogP contribution is 2.34. The summed E-state index contributed by atoms with van der Waals surface area (Å²) in [6, 6.07) is 0. The molecule has 1 unspecified atom stereocenters. The van der Waals surface area contributed by atoms with Crippen LogP contribution in [0.3, 0.4) is 0 Å². The molecule has 5 heteroatoms. The molecule has 0 aromatic carbocycles. The number of nitrogens with zero attached hydrogens (tertiary/aromatic N) is 1. The number of carbonyl (C=O) groups excluding carboxylic acids is 1. The van der Waals surface area contributed by atoms with Crippen LogP contribution < -0.4 is 0 Å². The number of aliphatic hydroxyl groups is 1. The fraction of sp³-hybridized carbons (Fsp3) is 0.846. The highest BCUT2D eigenvalue weighted by molar-refractivity contribution is 5.85. The SMILES string of the molecule is CC1(O)CCCN(C(=O)[C@@H]2CCC[C@@H]2C(=O)O)C1. The van der Waals surface area contributed by atoms with Gasteiger partial charge < -0.3 is 15.1 Å². The highest BCUT2D eigenvalue weighted by Gasteiger charge is 2.41. The Hall–Kier alpha value is -1.10. The number of hydrogen-bond donors (Lipinski definition) is 2. The molecule has 2 aliphatic rings. The van der Waals surface area contributed by atoms with Crippen molar-refractivity contribution in [3.8, 4) is 0 Å². The summed E-state index contributed by atoms with van der Waals surface area (Å²) in [6.45, 7) is 2.70. The molecule has 3 atom stereocenters. The highest BCUT2D eigenvalue weighted by atomic mass is 16.4. The molecular weight excluding hydrogens is 234 g/mol. The molecule has 102 valence electrons. The Bertz CT molecular complexity index is 353. The minimum atomic E-state index is -0.866. The van der Waals surface area contributed by atoms with Gasteiger partial charge in [-0.15, -0.1) is 0 Å². The maximum absolute atomic E-state index is 12.4. The van der Waals surface area contributed by atoms with Crippen molar-refractivity contribution in [3.05, 3.63) is 0 Å². The van der Waals surface area contributed by atoms with Crippen LogP contribution in [0.15, 0.2) is 0 Å². The Labute approximate surface area is 107 Å². The molecule has 5 nitrogen and oxygen atoms in total. The summed E-state index contributed by atoms with van der Waals surface area (Å²) in [6.07, 6.45) is 3.54. The first kappa shape index (κ1) is 13.3. The lowest BCUT2D eigenvalue weighted by molar-refractivity contribution is -0.151. The maximum atomic E-state index is 12.4. The van der Waals surface area contributed by atoms with Crippen molar-refractivity contribution in [1.82, 2.24) is 4.90 Å². The van der Waals surface area contributed by atoms with E-state index in [2.05, 4.69) is 0 Å². The van der Waals surface area contributed by atoms with Crippen molar-refractivity contribution in [1.29, 1.82) is 0 Å². The minimum Gasteiger partial charge on any atom is -0.481 e. The molecule has 1 amide bonds. The normalized spacial score (nSPS) is 36.7. The van der Waals surface area contributed by atoms with Crippen LogP contribution in [0.5, 0.6) is 0 Å². The van der Waals surface area contributed by atoms with Crippen LogP contribution in [0.25, 0.3) is 0 Å². The van der Waals surface area contributed by atoms with Crippen LogP contribution in [0, 0.1) is 11.8 Å². The molecule has 0 aromatic heterocycles. The van der Waals surface area contributed by atoms with E-state index in [1.54, 1.807) is 11.8 Å². The van der Waals surface area contributed by atoms with Gasteiger partial charge in [0.25, 0.3) is 0 Å². The molecule has 1 aliphatic carbocycles. The van der Waals surface area contributed by atoms with Crippen molar-refractivity contribution in [2.75, 3.05) is 13.1 Å². The molecule has 1 saturated heterocycles. The maximum Gasteiger partial charge on any atom is 0.307 e. The largest absolute Gasteiger partial charge is 0.481 e. The predicted octanol–water partition coefficient (Wildman–Crippen LogP) is 0.861. The van der Waals surface area contributed by atoms with E-state index in [1.807, 2.05) is 0 Å². The molecule has 2 N–H and O–H groups in total. The van der Waals surface area contributed by atoms with Gasteiger partial charge in [-0.1, -0.05) is 6.42 Å². The van der Waals surface area contributed by atoms with Crippen LogP contribution >= 0.6 is 0 Å². The first-order chi connectivity index (χ1) is 8.41. The zero-order valence-electron chi connectivity index (χ0n) is 10.8. The molecule has 2 rings (SSSR count). The second kappa shape index (κ2) is 4.88. The number of aliphatic carboxylic acids is 1. The van der Waals surface area contributed by atoms with E-state index >= 15 is 0 Å². The molecule has 0 radical (unpaired) electrons. The van der Waals surface area contributed by atoms with Gasteiger partial charge in [0.05, 0.1) is 17.4 Å². The molecule has 1 heterocycles. The third kappa shape index (κ3) is 2.66. The van der Waals surface area contributed by atoms with Gasteiger partial charge in [-0.05, 0) is 32.6 Å². The summed E-state index contributed by atoms with van der Waals surface area (Å²) in [5.41, 5.74) is -0.828. The number of carboxylic acids is 1. The van der Waals surface area contributed by atoms with Crippen LogP contribution in [0.1, 0.15) is 39.0 Å². The van der Waals surface area contributed by atoms with Crippen molar-refractivity contribution in [2.24, 2.45) is 11.8 Å². The molecule has 0 aromatic rings. The Morgan fingerprint density at radius 1 is 1.22 bits per heavy atom. The minimum absolute atomic E-state index is 0.0834.